The lowest BCUT2D eigenvalue weighted by Crippen LogP contribution is -2.14. The minimum absolute atomic E-state index is 0.140. The van der Waals surface area contributed by atoms with Crippen LogP contribution in [0.25, 0.3) is 0 Å². The Morgan fingerprint density at radius 3 is 0.988 bits per heavy atom. The number of alkyl halides is 1. The average molecular weight is 1190 g/mol. The van der Waals surface area contributed by atoms with Gasteiger partial charge in [0.25, 0.3) is 0 Å². The predicted octanol–water partition coefficient (Wildman–Crippen LogP) is 24.2. The summed E-state index contributed by atoms with van der Waals surface area (Å²) in [4.78, 5) is 20.9. The van der Waals surface area contributed by atoms with Crippen LogP contribution in [0.4, 0.5) is 0 Å². The molecule has 7 aromatic carbocycles. The zero-order chi connectivity index (χ0) is 64.8. The lowest BCUT2D eigenvalue weighted by atomic mass is 9.82. The summed E-state index contributed by atoms with van der Waals surface area (Å²) < 4.78 is 0. The van der Waals surface area contributed by atoms with Gasteiger partial charge in [-0.05, 0) is 171 Å². The molecule has 4 nitrogen and oxygen atoms in total. The van der Waals surface area contributed by atoms with Crippen molar-refractivity contribution in [2.45, 2.75) is 242 Å². The number of carboxylic acid groups (broad SMARTS) is 1. The first-order valence-corrected chi connectivity index (χ1v) is 32.9. The Morgan fingerprint density at radius 1 is 0.419 bits per heavy atom. The van der Waals surface area contributed by atoms with Gasteiger partial charge in [-0.2, -0.15) is 0 Å². The van der Waals surface area contributed by atoms with Gasteiger partial charge in [0.1, 0.15) is 6.29 Å². The van der Waals surface area contributed by atoms with Crippen molar-refractivity contribution in [1.82, 2.24) is 0 Å². The van der Waals surface area contributed by atoms with Crippen LogP contribution in [0.5, 0.6) is 0 Å². The number of hydrogen-bond donors (Lipinski definition) is 2. The van der Waals surface area contributed by atoms with Crippen LogP contribution in [0.3, 0.4) is 0 Å². The zero-order valence-corrected chi connectivity index (χ0v) is 57.7. The number of hydrogen-bond acceptors (Lipinski definition) is 3. The Kier molecular flexibility index (Phi) is 38.7. The van der Waals surface area contributed by atoms with Crippen LogP contribution in [0.15, 0.2) is 176 Å². The lowest BCUT2D eigenvalue weighted by molar-refractivity contribution is 0.0696. The molecule has 2 N–H and O–H groups in total. The average Bonchev–Trinajstić information content (AvgIpc) is 3.64. The summed E-state index contributed by atoms with van der Waals surface area (Å²) in [6, 6.07) is 60.3. The SMILES string of the molecule is CCC(C)(C)c1ccccc1.CCC(C)c1ccc(C(=O)O)cc1.CCC(C)c1ccc(C(C)(C)C)cc1.CCC(C)c1ccc(C=O)cc1.CCC(C)c1ccc(CCl)cc1.CCC(C)c1ccc(CO)cc1.CCc1ccc(C(C)CC)cc1. The number of aryl methyl sites for hydroxylation is 1. The molecular formula is C81H115ClO4. The highest BCUT2D eigenvalue weighted by Gasteiger charge is 2.17. The quantitative estimate of drug-likeness (QED) is 0.0625. The molecule has 5 heteroatoms. The fourth-order valence-electron chi connectivity index (χ4n) is 8.65. The normalized spacial score (nSPS) is 12.8. The second kappa shape index (κ2) is 42.7. The zero-order valence-electron chi connectivity index (χ0n) is 56.9. The van der Waals surface area contributed by atoms with Crippen molar-refractivity contribution in [3.8, 4) is 0 Å². The van der Waals surface area contributed by atoms with E-state index in [4.69, 9.17) is 21.8 Å². The maximum Gasteiger partial charge on any atom is 0.335 e. The van der Waals surface area contributed by atoms with Crippen LogP contribution in [0.1, 0.15) is 294 Å². The molecule has 0 radical (unpaired) electrons. The number of halogens is 1. The highest BCUT2D eigenvalue weighted by atomic mass is 35.5. The Bertz CT molecular complexity index is 2680. The van der Waals surface area contributed by atoms with Crippen molar-refractivity contribution < 1.29 is 19.8 Å². The molecule has 7 rings (SSSR count). The van der Waals surface area contributed by atoms with Crippen LogP contribution < -0.4 is 0 Å². The van der Waals surface area contributed by atoms with Gasteiger partial charge in [0.2, 0.25) is 0 Å². The Labute approximate surface area is 530 Å². The van der Waals surface area contributed by atoms with Crippen LogP contribution in [-0.2, 0) is 29.7 Å². The first-order chi connectivity index (χ1) is 40.9. The summed E-state index contributed by atoms with van der Waals surface area (Å²) in [6.45, 7) is 42.4. The molecule has 6 atom stereocenters. The standard InChI is InChI=1S/C14H22.C12H18.C11H15Cl.C11H14O2.C11H16O.C11H14O.C11H16/c1-6-11(2)12-7-9-13(10-8-12)14(3,4)5;1-4-10(3)12-8-6-11(5-2)7-9-12;1-3-9(2)11-6-4-10(8-12)5-7-11;1-3-8(2)9-4-6-10(7-5-9)11(12)13;2*1-3-9(2)11-6-4-10(8-12)5-7-11;1-4-11(2,3)10-8-6-5-7-9-10/h7-11H,6H2,1-5H3;6-10H,4-5H2,1-3H3;4-7,9H,3,8H2,1-2H3;4-8H,3H2,1-2H3,(H,12,13);4-7,9,12H,3,8H2,1-2H3;4-9H,3H2,1-2H3;5-9H,4H2,1-3H3. The molecule has 0 amide bonds. The summed E-state index contributed by atoms with van der Waals surface area (Å²) in [5.41, 5.74) is 16.4. The number of aliphatic hydroxyl groups excluding tert-OH is 1. The summed E-state index contributed by atoms with van der Waals surface area (Å²) in [5, 5.41) is 17.5. The van der Waals surface area contributed by atoms with Crippen molar-refractivity contribution >= 4 is 23.9 Å². The molecular weight excluding hydrogens is 1070 g/mol. The number of aliphatic hydroxyl groups is 1. The van der Waals surface area contributed by atoms with Crippen molar-refractivity contribution in [3.05, 3.63) is 248 Å². The third-order valence-electron chi connectivity index (χ3n) is 17.2. The van der Waals surface area contributed by atoms with Crippen LogP contribution in [-0.4, -0.2) is 22.5 Å². The van der Waals surface area contributed by atoms with Crippen molar-refractivity contribution in [2.75, 3.05) is 0 Å². The number of benzene rings is 7. The van der Waals surface area contributed by atoms with Gasteiger partial charge in [-0.15, -0.1) is 11.6 Å². The highest BCUT2D eigenvalue weighted by Crippen LogP contribution is 2.28. The molecule has 0 aliphatic rings. The second-order valence-electron chi connectivity index (χ2n) is 24.9. The largest absolute Gasteiger partial charge is 0.478 e. The summed E-state index contributed by atoms with van der Waals surface area (Å²) in [6.07, 6.45) is 10.2. The number of carboxylic acids is 1. The fourth-order valence-corrected chi connectivity index (χ4v) is 8.82. The van der Waals surface area contributed by atoms with Gasteiger partial charge in [0, 0.05) is 11.4 Å². The molecule has 6 unspecified atom stereocenters. The molecule has 86 heavy (non-hydrogen) atoms. The van der Waals surface area contributed by atoms with Gasteiger partial charge in [0.05, 0.1) is 12.2 Å². The smallest absolute Gasteiger partial charge is 0.335 e. The maximum absolute atomic E-state index is 10.6. The maximum atomic E-state index is 10.6. The molecule has 0 saturated heterocycles. The van der Waals surface area contributed by atoms with Crippen molar-refractivity contribution in [1.29, 1.82) is 0 Å². The van der Waals surface area contributed by atoms with Crippen LogP contribution in [0.2, 0.25) is 0 Å². The number of rotatable bonds is 19. The highest BCUT2D eigenvalue weighted by molar-refractivity contribution is 6.17. The molecule has 7 aromatic rings. The van der Waals surface area contributed by atoms with Gasteiger partial charge >= 0.3 is 5.97 Å². The molecule has 0 bridgehead atoms. The van der Waals surface area contributed by atoms with E-state index >= 15 is 0 Å². The van der Waals surface area contributed by atoms with E-state index in [9.17, 15) is 9.59 Å². The van der Waals surface area contributed by atoms with Gasteiger partial charge in [-0.25, -0.2) is 4.79 Å². The summed E-state index contributed by atoms with van der Waals surface area (Å²) >= 11 is 5.69. The third-order valence-corrected chi connectivity index (χ3v) is 17.5. The Morgan fingerprint density at radius 2 is 0.721 bits per heavy atom. The number of aromatic carboxylic acids is 1. The van der Waals surface area contributed by atoms with E-state index in [1.54, 1.807) is 12.1 Å². The number of carbonyl (C=O) groups excluding carboxylic acids is 1. The molecule has 0 saturated carbocycles. The van der Waals surface area contributed by atoms with Gasteiger partial charge in [-0.1, -0.05) is 295 Å². The number of aldehydes is 1. The van der Waals surface area contributed by atoms with Gasteiger partial charge in [-0.3, -0.25) is 4.79 Å². The lowest BCUT2D eigenvalue weighted by Gasteiger charge is -2.22. The van der Waals surface area contributed by atoms with E-state index < -0.39 is 5.97 Å². The topological polar surface area (TPSA) is 74.6 Å². The molecule has 470 valence electrons. The minimum Gasteiger partial charge on any atom is -0.478 e. The van der Waals surface area contributed by atoms with E-state index in [0.717, 1.165) is 36.7 Å². The summed E-state index contributed by atoms with van der Waals surface area (Å²) in [5.74, 6) is 3.51. The summed E-state index contributed by atoms with van der Waals surface area (Å²) in [7, 11) is 0. The monoisotopic (exact) mass is 1190 g/mol. The molecule has 0 fully saturated rings. The van der Waals surface area contributed by atoms with Crippen LogP contribution >= 0.6 is 11.6 Å². The van der Waals surface area contributed by atoms with Gasteiger partial charge in [0.15, 0.2) is 0 Å². The fraction of sp³-hybridized carbons (Fsp3) is 0.457. The van der Waals surface area contributed by atoms with Crippen molar-refractivity contribution in [3.63, 3.8) is 0 Å². The van der Waals surface area contributed by atoms with E-state index in [2.05, 4.69) is 247 Å². The number of carbonyl (C=O) groups is 2. The first-order valence-electron chi connectivity index (χ1n) is 32.3. The van der Waals surface area contributed by atoms with E-state index in [0.29, 0.717) is 52.4 Å². The van der Waals surface area contributed by atoms with Gasteiger partial charge < -0.3 is 10.2 Å². The Hall–Kier alpha value is -6.07. The minimum atomic E-state index is -0.865. The predicted molar refractivity (Wildman–Crippen MR) is 377 cm³/mol. The molecule has 0 heterocycles. The van der Waals surface area contributed by atoms with Crippen molar-refractivity contribution in [2.24, 2.45) is 0 Å². The second-order valence-corrected chi connectivity index (χ2v) is 25.2. The van der Waals surface area contributed by atoms with Crippen LogP contribution in [0, 0.1) is 0 Å². The van der Waals surface area contributed by atoms with E-state index in [1.165, 1.54) is 87.7 Å². The molecule has 0 spiro atoms. The Balaban J connectivity index is 0.000000502. The third kappa shape index (κ3) is 29.6. The molecule has 0 aromatic heterocycles. The van der Waals surface area contributed by atoms with E-state index in [1.807, 2.05) is 48.5 Å². The molecule has 0 aliphatic heterocycles. The van der Waals surface area contributed by atoms with E-state index in [-0.39, 0.29) is 12.0 Å². The first kappa shape index (κ1) is 77.9. The molecule has 0 aliphatic carbocycles.